The average Bonchev–Trinajstić information content (AvgIpc) is 3.32. The van der Waals surface area contributed by atoms with Crippen molar-refractivity contribution in [2.45, 2.75) is 6.92 Å². The van der Waals surface area contributed by atoms with E-state index >= 15 is 0 Å². The summed E-state index contributed by atoms with van der Waals surface area (Å²) in [5.41, 5.74) is 3.20. The third-order valence-corrected chi connectivity index (χ3v) is 4.53. The first-order valence-corrected chi connectivity index (χ1v) is 8.47. The van der Waals surface area contributed by atoms with E-state index < -0.39 is 0 Å². The number of H-pyrrole nitrogens is 1. The maximum absolute atomic E-state index is 12.9. The molecule has 0 bridgehead atoms. The maximum Gasteiger partial charge on any atom is 0.259 e. The second kappa shape index (κ2) is 6.77. The molecule has 0 saturated heterocycles. The molecule has 0 aliphatic rings. The number of ether oxygens (including phenoxy) is 1. The van der Waals surface area contributed by atoms with Crippen molar-refractivity contribution >= 4 is 34.1 Å². The molecule has 0 unspecified atom stereocenters. The van der Waals surface area contributed by atoms with Gasteiger partial charge in [0.05, 0.1) is 29.4 Å². The summed E-state index contributed by atoms with van der Waals surface area (Å²) in [4.78, 5) is 16.8. The molecule has 27 heavy (non-hydrogen) atoms. The Kier molecular flexibility index (Phi) is 4.29. The van der Waals surface area contributed by atoms with Gasteiger partial charge in [-0.3, -0.25) is 9.89 Å². The Morgan fingerprint density at radius 2 is 2.15 bits per heavy atom. The smallest absolute Gasteiger partial charge is 0.259 e. The molecule has 136 valence electrons. The van der Waals surface area contributed by atoms with Gasteiger partial charge in [-0.1, -0.05) is 17.7 Å². The Labute approximate surface area is 159 Å². The van der Waals surface area contributed by atoms with Crippen LogP contribution in [0.2, 0.25) is 5.02 Å². The molecule has 4 rings (SSSR count). The molecule has 0 radical (unpaired) electrons. The van der Waals surface area contributed by atoms with Crippen molar-refractivity contribution < 1.29 is 13.9 Å². The number of amides is 1. The zero-order chi connectivity index (χ0) is 19.0. The van der Waals surface area contributed by atoms with Gasteiger partial charge in [0.15, 0.2) is 12.2 Å². The molecular formula is C19H15ClN4O3. The van der Waals surface area contributed by atoms with Crippen LogP contribution in [0.25, 0.3) is 22.4 Å². The molecule has 0 spiro atoms. The Hall–Kier alpha value is -3.32. The highest BCUT2D eigenvalue weighted by Gasteiger charge is 2.19. The Balaban J connectivity index is 1.71. The number of methoxy groups -OCH3 is 1. The minimum atomic E-state index is -0.309. The molecule has 0 aliphatic heterocycles. The lowest BCUT2D eigenvalue weighted by atomic mass is 10.1. The summed E-state index contributed by atoms with van der Waals surface area (Å²) >= 11 is 6.16. The number of hydrogen-bond donors (Lipinski definition) is 2. The van der Waals surface area contributed by atoms with Crippen molar-refractivity contribution in [3.63, 3.8) is 0 Å². The van der Waals surface area contributed by atoms with Crippen molar-refractivity contribution in [1.82, 2.24) is 15.2 Å². The molecule has 1 amide bonds. The summed E-state index contributed by atoms with van der Waals surface area (Å²) in [5.74, 6) is 0.578. The molecule has 2 N–H and O–H groups in total. The molecule has 0 atom stereocenters. The molecule has 2 aromatic heterocycles. The minimum Gasteiger partial charge on any atom is -0.494 e. The van der Waals surface area contributed by atoms with E-state index in [1.165, 1.54) is 13.5 Å². The number of fused-ring (bicyclic) bond motifs is 1. The van der Waals surface area contributed by atoms with Gasteiger partial charge in [-0.15, -0.1) is 0 Å². The van der Waals surface area contributed by atoms with E-state index in [0.717, 1.165) is 16.5 Å². The number of nitrogens with one attached hydrogen (secondary N) is 2. The molecule has 0 fully saturated rings. The summed E-state index contributed by atoms with van der Waals surface area (Å²) in [6.45, 7) is 1.83. The van der Waals surface area contributed by atoms with Crippen LogP contribution in [-0.2, 0) is 0 Å². The maximum atomic E-state index is 12.9. The largest absolute Gasteiger partial charge is 0.494 e. The van der Waals surface area contributed by atoms with Gasteiger partial charge in [0.25, 0.3) is 5.91 Å². The van der Waals surface area contributed by atoms with Gasteiger partial charge in [0.2, 0.25) is 0 Å². The topological polar surface area (TPSA) is 93.0 Å². The van der Waals surface area contributed by atoms with Gasteiger partial charge < -0.3 is 14.5 Å². The second-order valence-corrected chi connectivity index (χ2v) is 6.33. The lowest BCUT2D eigenvalue weighted by molar-refractivity contribution is 0.102. The van der Waals surface area contributed by atoms with E-state index in [2.05, 4.69) is 20.5 Å². The first kappa shape index (κ1) is 17.1. The van der Waals surface area contributed by atoms with Crippen molar-refractivity contribution in [2.24, 2.45) is 0 Å². The van der Waals surface area contributed by atoms with Crippen molar-refractivity contribution in [3.05, 3.63) is 59.1 Å². The summed E-state index contributed by atoms with van der Waals surface area (Å²) < 4.78 is 10.6. The summed E-state index contributed by atoms with van der Waals surface area (Å²) in [7, 11) is 1.48. The monoisotopic (exact) mass is 382 g/mol. The fourth-order valence-electron chi connectivity index (χ4n) is 2.94. The standard InChI is InChI=1S/C19H15ClN4O3/c1-10-3-5-13(20)18(26-2)16(10)19(25)22-11-4-6-14-12(7-11)17(24-23-14)15-8-21-9-27-15/h3-9H,1-2H3,(H,22,25)(H,23,24). The second-order valence-electron chi connectivity index (χ2n) is 5.92. The Morgan fingerprint density at radius 3 is 2.89 bits per heavy atom. The van der Waals surface area contributed by atoms with Crippen molar-refractivity contribution in [2.75, 3.05) is 12.4 Å². The quantitative estimate of drug-likeness (QED) is 0.544. The van der Waals surface area contributed by atoms with Crippen molar-refractivity contribution in [3.8, 4) is 17.2 Å². The fourth-order valence-corrected chi connectivity index (χ4v) is 3.18. The van der Waals surface area contributed by atoms with Gasteiger partial charge in [-0.2, -0.15) is 5.10 Å². The van der Waals surface area contributed by atoms with Crippen LogP contribution in [0.5, 0.6) is 5.75 Å². The average molecular weight is 383 g/mol. The van der Waals surface area contributed by atoms with E-state index in [-0.39, 0.29) is 5.91 Å². The summed E-state index contributed by atoms with van der Waals surface area (Å²) in [5, 5.41) is 11.3. The summed E-state index contributed by atoms with van der Waals surface area (Å²) in [6, 6.07) is 8.92. The Morgan fingerprint density at radius 1 is 1.30 bits per heavy atom. The number of anilines is 1. The van der Waals surface area contributed by atoms with E-state index in [0.29, 0.717) is 33.5 Å². The number of carbonyl (C=O) groups is 1. The molecular weight excluding hydrogens is 368 g/mol. The van der Waals surface area contributed by atoms with Crippen LogP contribution in [0.1, 0.15) is 15.9 Å². The number of nitrogens with zero attached hydrogens (tertiary/aromatic N) is 2. The molecule has 0 aliphatic carbocycles. The van der Waals surface area contributed by atoms with E-state index in [1.807, 2.05) is 19.1 Å². The van der Waals surface area contributed by atoms with Gasteiger partial charge in [-0.25, -0.2) is 4.98 Å². The van der Waals surface area contributed by atoms with Gasteiger partial charge >= 0.3 is 0 Å². The lowest BCUT2D eigenvalue weighted by Gasteiger charge is -2.13. The van der Waals surface area contributed by atoms with E-state index in [4.69, 9.17) is 20.8 Å². The zero-order valence-corrected chi connectivity index (χ0v) is 15.3. The number of oxazole rings is 1. The molecule has 7 nitrogen and oxygen atoms in total. The normalized spacial score (nSPS) is 10.9. The van der Waals surface area contributed by atoms with E-state index in [9.17, 15) is 4.79 Å². The SMILES string of the molecule is COc1c(Cl)ccc(C)c1C(=O)Nc1ccc2[nH]nc(-c3cnco3)c2c1. The predicted molar refractivity (Wildman–Crippen MR) is 102 cm³/mol. The molecule has 2 heterocycles. The number of carbonyl (C=O) groups excluding carboxylic acids is 1. The van der Waals surface area contributed by atoms with Crippen LogP contribution in [0, 0.1) is 6.92 Å². The first-order chi connectivity index (χ1) is 13.1. The van der Waals surface area contributed by atoms with Gasteiger partial charge in [0, 0.05) is 11.1 Å². The highest BCUT2D eigenvalue weighted by atomic mass is 35.5. The fraction of sp³-hybridized carbons (Fsp3) is 0.105. The number of halogens is 1. The van der Waals surface area contributed by atoms with E-state index in [1.54, 1.807) is 24.4 Å². The van der Waals surface area contributed by atoms with Crippen LogP contribution >= 0.6 is 11.6 Å². The highest BCUT2D eigenvalue weighted by Crippen LogP contribution is 2.32. The zero-order valence-electron chi connectivity index (χ0n) is 14.5. The summed E-state index contributed by atoms with van der Waals surface area (Å²) in [6.07, 6.45) is 2.93. The van der Waals surface area contributed by atoms with Crippen LogP contribution in [0.15, 0.2) is 47.3 Å². The van der Waals surface area contributed by atoms with Gasteiger partial charge in [-0.05, 0) is 36.8 Å². The molecule has 8 heteroatoms. The number of aryl methyl sites for hydroxylation is 1. The third-order valence-electron chi connectivity index (χ3n) is 4.24. The van der Waals surface area contributed by atoms with Crippen LogP contribution in [-0.4, -0.2) is 28.2 Å². The van der Waals surface area contributed by atoms with Crippen LogP contribution in [0.4, 0.5) is 5.69 Å². The Bertz CT molecular complexity index is 1140. The van der Waals surface area contributed by atoms with Gasteiger partial charge in [0.1, 0.15) is 11.4 Å². The first-order valence-electron chi connectivity index (χ1n) is 8.10. The number of aromatic nitrogens is 3. The third kappa shape index (κ3) is 3.02. The number of rotatable bonds is 4. The van der Waals surface area contributed by atoms with Crippen molar-refractivity contribution in [1.29, 1.82) is 0 Å². The number of benzene rings is 2. The lowest BCUT2D eigenvalue weighted by Crippen LogP contribution is -2.15. The highest BCUT2D eigenvalue weighted by molar-refractivity contribution is 6.33. The van der Waals surface area contributed by atoms with Crippen LogP contribution < -0.4 is 10.1 Å². The van der Waals surface area contributed by atoms with Crippen LogP contribution in [0.3, 0.4) is 0 Å². The number of aromatic amines is 1. The minimum absolute atomic E-state index is 0.309. The molecule has 0 saturated carbocycles. The molecule has 2 aromatic carbocycles. The number of hydrogen-bond acceptors (Lipinski definition) is 5. The molecule has 4 aromatic rings. The predicted octanol–water partition coefficient (Wildman–Crippen LogP) is 4.44.